The third kappa shape index (κ3) is 2.10. The number of Topliss-reactive ketones (excluding diaryl/α,β-unsaturated/α-hetero) is 1. The Labute approximate surface area is 87.4 Å². The smallest absolute Gasteiger partial charge is 0.231 e. The van der Waals surface area contributed by atoms with Crippen LogP contribution < -0.4 is 9.47 Å². The number of aliphatic hydroxyl groups excluding tert-OH is 1. The van der Waals surface area contributed by atoms with E-state index in [0.717, 1.165) is 5.56 Å². The molecule has 15 heavy (non-hydrogen) atoms. The van der Waals surface area contributed by atoms with Crippen molar-refractivity contribution in [1.29, 1.82) is 0 Å². The second-order valence-electron chi connectivity index (χ2n) is 3.52. The molecule has 0 aromatic heterocycles. The molecule has 4 nitrogen and oxygen atoms in total. The van der Waals surface area contributed by atoms with Crippen molar-refractivity contribution in [1.82, 2.24) is 0 Å². The molecule has 1 N–H and O–H groups in total. The zero-order chi connectivity index (χ0) is 10.8. The van der Waals surface area contributed by atoms with E-state index in [1.165, 1.54) is 6.92 Å². The third-order valence-electron chi connectivity index (χ3n) is 2.34. The quantitative estimate of drug-likeness (QED) is 0.802. The highest BCUT2D eigenvalue weighted by molar-refractivity contribution is 5.80. The summed E-state index contributed by atoms with van der Waals surface area (Å²) in [7, 11) is 0. The molecule has 0 radical (unpaired) electrons. The van der Waals surface area contributed by atoms with E-state index < -0.39 is 6.10 Å². The SMILES string of the molecule is CC(=O)[C@H](O)Cc1ccc2c(c1)OCO2. The Morgan fingerprint density at radius 2 is 2.20 bits per heavy atom. The van der Waals surface area contributed by atoms with Crippen LogP contribution in [-0.4, -0.2) is 23.8 Å². The van der Waals surface area contributed by atoms with Crippen LogP contribution in [0.1, 0.15) is 12.5 Å². The Bertz CT molecular complexity index is 386. The first-order valence-electron chi connectivity index (χ1n) is 4.74. The highest BCUT2D eigenvalue weighted by atomic mass is 16.7. The van der Waals surface area contributed by atoms with Gasteiger partial charge in [0.1, 0.15) is 6.10 Å². The molecule has 4 heteroatoms. The summed E-state index contributed by atoms with van der Waals surface area (Å²) in [4.78, 5) is 10.9. The molecule has 0 saturated heterocycles. The zero-order valence-electron chi connectivity index (χ0n) is 8.40. The molecule has 1 aromatic carbocycles. The molecule has 2 rings (SSSR count). The summed E-state index contributed by atoms with van der Waals surface area (Å²) < 4.78 is 10.3. The molecule has 0 saturated carbocycles. The monoisotopic (exact) mass is 208 g/mol. The minimum Gasteiger partial charge on any atom is -0.454 e. The van der Waals surface area contributed by atoms with Crippen molar-refractivity contribution in [2.75, 3.05) is 6.79 Å². The number of ketones is 1. The van der Waals surface area contributed by atoms with Gasteiger partial charge in [-0.1, -0.05) is 6.07 Å². The van der Waals surface area contributed by atoms with Gasteiger partial charge in [0.25, 0.3) is 0 Å². The summed E-state index contributed by atoms with van der Waals surface area (Å²) in [5.74, 6) is 1.15. The maximum absolute atomic E-state index is 10.9. The second kappa shape index (κ2) is 3.90. The Balaban J connectivity index is 2.13. The average Bonchev–Trinajstić information content (AvgIpc) is 2.64. The van der Waals surface area contributed by atoms with Crippen LogP contribution in [0.5, 0.6) is 11.5 Å². The molecule has 0 spiro atoms. The van der Waals surface area contributed by atoms with E-state index in [-0.39, 0.29) is 12.6 Å². The van der Waals surface area contributed by atoms with Gasteiger partial charge in [-0.2, -0.15) is 0 Å². The van der Waals surface area contributed by atoms with Crippen molar-refractivity contribution in [2.24, 2.45) is 0 Å². The maximum atomic E-state index is 10.9. The van der Waals surface area contributed by atoms with Gasteiger partial charge in [-0.3, -0.25) is 4.79 Å². The zero-order valence-corrected chi connectivity index (χ0v) is 8.40. The lowest BCUT2D eigenvalue weighted by Crippen LogP contribution is -2.19. The number of hydrogen-bond acceptors (Lipinski definition) is 4. The highest BCUT2D eigenvalue weighted by Gasteiger charge is 2.16. The van der Waals surface area contributed by atoms with E-state index >= 15 is 0 Å². The molecule has 0 bridgehead atoms. The number of ether oxygens (including phenoxy) is 2. The molecule has 1 heterocycles. The minimum atomic E-state index is -0.939. The van der Waals surface area contributed by atoms with Gasteiger partial charge < -0.3 is 14.6 Å². The van der Waals surface area contributed by atoms with Crippen molar-refractivity contribution in [3.05, 3.63) is 23.8 Å². The Kier molecular flexibility index (Phi) is 2.60. The van der Waals surface area contributed by atoms with Crippen LogP contribution in [0.15, 0.2) is 18.2 Å². The number of fused-ring (bicyclic) bond motifs is 1. The molecule has 80 valence electrons. The number of aliphatic hydroxyl groups is 1. The fourth-order valence-electron chi connectivity index (χ4n) is 1.43. The molecule has 0 unspecified atom stereocenters. The van der Waals surface area contributed by atoms with E-state index in [4.69, 9.17) is 9.47 Å². The number of carbonyl (C=O) groups is 1. The van der Waals surface area contributed by atoms with Gasteiger partial charge in [0.2, 0.25) is 6.79 Å². The summed E-state index contributed by atoms with van der Waals surface area (Å²) in [5.41, 5.74) is 0.863. The first-order valence-corrected chi connectivity index (χ1v) is 4.74. The summed E-state index contributed by atoms with van der Waals surface area (Å²) in [6.45, 7) is 1.60. The average molecular weight is 208 g/mol. The number of rotatable bonds is 3. The fourth-order valence-corrected chi connectivity index (χ4v) is 1.43. The molecule has 0 amide bonds. The van der Waals surface area contributed by atoms with Crippen LogP contribution in [0.2, 0.25) is 0 Å². The Hall–Kier alpha value is -1.55. The van der Waals surface area contributed by atoms with Crippen molar-refractivity contribution in [2.45, 2.75) is 19.4 Å². The molecular weight excluding hydrogens is 196 g/mol. The van der Waals surface area contributed by atoms with Crippen molar-refractivity contribution in [3.8, 4) is 11.5 Å². The molecule has 1 aliphatic heterocycles. The van der Waals surface area contributed by atoms with Gasteiger partial charge in [-0.05, 0) is 24.6 Å². The van der Waals surface area contributed by atoms with Crippen LogP contribution in [0, 0.1) is 0 Å². The largest absolute Gasteiger partial charge is 0.454 e. The Morgan fingerprint density at radius 3 is 2.93 bits per heavy atom. The number of benzene rings is 1. The first-order chi connectivity index (χ1) is 7.16. The lowest BCUT2D eigenvalue weighted by Gasteiger charge is -2.07. The summed E-state index contributed by atoms with van der Waals surface area (Å²) in [5, 5.41) is 9.41. The molecule has 0 fully saturated rings. The van der Waals surface area contributed by atoms with Crippen LogP contribution in [-0.2, 0) is 11.2 Å². The van der Waals surface area contributed by atoms with E-state index in [0.29, 0.717) is 17.9 Å². The van der Waals surface area contributed by atoms with E-state index in [2.05, 4.69) is 0 Å². The third-order valence-corrected chi connectivity index (χ3v) is 2.34. The normalized spacial score (nSPS) is 15.1. The molecular formula is C11H12O4. The standard InChI is InChI=1S/C11H12O4/c1-7(12)9(13)4-8-2-3-10-11(5-8)15-6-14-10/h2-3,5,9,13H,4,6H2,1H3/t9-/m1/s1. The van der Waals surface area contributed by atoms with Crippen LogP contribution in [0.4, 0.5) is 0 Å². The van der Waals surface area contributed by atoms with Gasteiger partial charge in [-0.15, -0.1) is 0 Å². The fraction of sp³-hybridized carbons (Fsp3) is 0.364. The lowest BCUT2D eigenvalue weighted by molar-refractivity contribution is -0.124. The molecule has 1 aromatic rings. The summed E-state index contributed by atoms with van der Waals surface area (Å²) in [6.07, 6.45) is -0.628. The molecule has 1 atom stereocenters. The molecule has 0 aliphatic carbocycles. The van der Waals surface area contributed by atoms with Gasteiger partial charge in [0.15, 0.2) is 17.3 Å². The number of carbonyl (C=O) groups excluding carboxylic acids is 1. The van der Waals surface area contributed by atoms with Gasteiger partial charge in [0, 0.05) is 6.42 Å². The summed E-state index contributed by atoms with van der Waals surface area (Å²) in [6, 6.07) is 5.39. The number of hydrogen-bond donors (Lipinski definition) is 1. The minimum absolute atomic E-state index is 0.229. The maximum Gasteiger partial charge on any atom is 0.231 e. The second-order valence-corrected chi connectivity index (χ2v) is 3.52. The first kappa shape index (κ1) is 9.98. The lowest BCUT2D eigenvalue weighted by atomic mass is 10.1. The van der Waals surface area contributed by atoms with Crippen molar-refractivity contribution in [3.63, 3.8) is 0 Å². The van der Waals surface area contributed by atoms with Gasteiger partial charge in [-0.25, -0.2) is 0 Å². The highest BCUT2D eigenvalue weighted by Crippen LogP contribution is 2.32. The Morgan fingerprint density at radius 1 is 1.47 bits per heavy atom. The van der Waals surface area contributed by atoms with Crippen molar-refractivity contribution < 1.29 is 19.4 Å². The van der Waals surface area contributed by atoms with Gasteiger partial charge in [0.05, 0.1) is 0 Å². The summed E-state index contributed by atoms with van der Waals surface area (Å²) >= 11 is 0. The van der Waals surface area contributed by atoms with Crippen LogP contribution in [0.25, 0.3) is 0 Å². The molecule has 1 aliphatic rings. The van der Waals surface area contributed by atoms with E-state index in [1.807, 2.05) is 6.07 Å². The topological polar surface area (TPSA) is 55.8 Å². The van der Waals surface area contributed by atoms with Crippen molar-refractivity contribution >= 4 is 5.78 Å². The predicted octanol–water partition coefficient (Wildman–Crippen LogP) is 0.908. The van der Waals surface area contributed by atoms with Crippen LogP contribution in [0.3, 0.4) is 0 Å². The van der Waals surface area contributed by atoms with Gasteiger partial charge >= 0.3 is 0 Å². The van der Waals surface area contributed by atoms with E-state index in [1.54, 1.807) is 12.1 Å². The van der Waals surface area contributed by atoms with Crippen LogP contribution >= 0.6 is 0 Å². The predicted molar refractivity (Wildman–Crippen MR) is 53.0 cm³/mol. The van der Waals surface area contributed by atoms with E-state index in [9.17, 15) is 9.90 Å².